The van der Waals surface area contributed by atoms with Crippen molar-refractivity contribution in [3.63, 3.8) is 0 Å². The molecular weight excluding hydrogens is 532 g/mol. The number of methoxy groups -OCH3 is 3. The fraction of sp³-hybridized carbons (Fsp3) is 0.312. The zero-order chi connectivity index (χ0) is 29.6. The van der Waals surface area contributed by atoms with E-state index in [0.29, 0.717) is 49.1 Å². The first-order valence-corrected chi connectivity index (χ1v) is 13.8. The molecule has 3 aromatic carbocycles. The number of pyridine rings is 1. The molecule has 0 fully saturated rings. The zero-order valence-electron chi connectivity index (χ0n) is 24.7. The molecule has 218 valence electrons. The monoisotopic (exact) mass is 568 g/mol. The molecule has 0 spiro atoms. The van der Waals surface area contributed by atoms with Gasteiger partial charge in [0.25, 0.3) is 5.56 Å². The van der Waals surface area contributed by atoms with Gasteiger partial charge in [0.2, 0.25) is 0 Å². The van der Waals surface area contributed by atoms with Gasteiger partial charge >= 0.3 is 0 Å². The second kappa shape index (κ2) is 12.9. The van der Waals surface area contributed by atoms with Crippen LogP contribution in [0.5, 0.6) is 17.2 Å². The van der Waals surface area contributed by atoms with Crippen LogP contribution >= 0.6 is 0 Å². The first-order chi connectivity index (χ1) is 20.4. The van der Waals surface area contributed by atoms with Crippen LogP contribution in [0, 0.1) is 13.8 Å². The van der Waals surface area contributed by atoms with E-state index in [1.54, 1.807) is 26.0 Å². The number of hydrogen-bond acceptors (Lipinski definition) is 8. The number of aromatic nitrogens is 5. The average molecular weight is 569 g/mol. The summed E-state index contributed by atoms with van der Waals surface area (Å²) in [6.45, 7) is 6.15. The SMILES string of the molecule is COc1ccc(Cn2nnnc2CN(CCc2ccc(OC)c(OC)c2)Cc2cc3ccc(C)c(C)c3[nH]c2=O)cc1. The molecule has 2 heterocycles. The Kier molecular flexibility index (Phi) is 8.83. The molecule has 10 heteroatoms. The third-order valence-corrected chi connectivity index (χ3v) is 7.65. The Morgan fingerprint density at radius 3 is 2.36 bits per heavy atom. The molecule has 1 N–H and O–H groups in total. The van der Waals surface area contributed by atoms with Gasteiger partial charge in [-0.3, -0.25) is 9.69 Å². The van der Waals surface area contributed by atoms with Crippen LogP contribution in [0.2, 0.25) is 0 Å². The molecule has 0 aliphatic carbocycles. The van der Waals surface area contributed by atoms with Crippen LogP contribution in [0.1, 0.15) is 33.6 Å². The number of ether oxygens (including phenoxy) is 3. The van der Waals surface area contributed by atoms with E-state index in [2.05, 4.69) is 37.5 Å². The number of nitrogens with zero attached hydrogens (tertiary/aromatic N) is 5. The van der Waals surface area contributed by atoms with E-state index in [1.807, 2.05) is 62.4 Å². The van der Waals surface area contributed by atoms with Gasteiger partial charge in [0.15, 0.2) is 17.3 Å². The van der Waals surface area contributed by atoms with E-state index >= 15 is 0 Å². The van der Waals surface area contributed by atoms with E-state index in [0.717, 1.165) is 45.3 Å². The number of tetrazole rings is 1. The second-order valence-corrected chi connectivity index (χ2v) is 10.3. The molecule has 5 aromatic rings. The van der Waals surface area contributed by atoms with E-state index < -0.39 is 0 Å². The number of benzene rings is 3. The largest absolute Gasteiger partial charge is 0.497 e. The number of H-pyrrole nitrogens is 1. The Hall–Kier alpha value is -4.70. The molecule has 0 saturated carbocycles. The zero-order valence-corrected chi connectivity index (χ0v) is 24.7. The lowest BCUT2D eigenvalue weighted by Gasteiger charge is -2.22. The molecule has 2 aromatic heterocycles. The molecule has 10 nitrogen and oxygen atoms in total. The second-order valence-electron chi connectivity index (χ2n) is 10.3. The molecule has 0 atom stereocenters. The summed E-state index contributed by atoms with van der Waals surface area (Å²) in [5.74, 6) is 2.87. The minimum atomic E-state index is -0.0925. The minimum Gasteiger partial charge on any atom is -0.497 e. The lowest BCUT2D eigenvalue weighted by Crippen LogP contribution is -2.30. The Balaban J connectivity index is 1.42. The molecule has 5 rings (SSSR count). The Labute approximate surface area is 244 Å². The third-order valence-electron chi connectivity index (χ3n) is 7.65. The molecule has 0 aliphatic heterocycles. The highest BCUT2D eigenvalue weighted by molar-refractivity contribution is 5.83. The van der Waals surface area contributed by atoms with Gasteiger partial charge in [0.1, 0.15) is 5.75 Å². The van der Waals surface area contributed by atoms with Crippen molar-refractivity contribution in [2.24, 2.45) is 0 Å². The maximum atomic E-state index is 13.3. The topological polar surface area (TPSA) is 107 Å². The van der Waals surface area contributed by atoms with Crippen molar-refractivity contribution in [3.8, 4) is 17.2 Å². The predicted octanol–water partition coefficient (Wildman–Crippen LogP) is 4.45. The third kappa shape index (κ3) is 6.44. The normalized spacial score (nSPS) is 11.3. The van der Waals surface area contributed by atoms with Gasteiger partial charge in [-0.05, 0) is 88.7 Å². The van der Waals surface area contributed by atoms with E-state index in [4.69, 9.17) is 14.2 Å². The molecular formula is C32H36N6O4. The molecule has 0 saturated heterocycles. The quantitative estimate of drug-likeness (QED) is 0.235. The van der Waals surface area contributed by atoms with E-state index in [-0.39, 0.29) is 5.56 Å². The molecule has 0 bridgehead atoms. The Morgan fingerprint density at radius 2 is 1.62 bits per heavy atom. The molecule has 42 heavy (non-hydrogen) atoms. The molecule has 0 amide bonds. The van der Waals surface area contributed by atoms with Crippen LogP contribution < -0.4 is 19.8 Å². The van der Waals surface area contributed by atoms with Crippen molar-refractivity contribution in [3.05, 3.63) is 105 Å². The van der Waals surface area contributed by atoms with Gasteiger partial charge in [-0.1, -0.05) is 30.3 Å². The Bertz CT molecular complexity index is 1730. The van der Waals surface area contributed by atoms with Gasteiger partial charge in [-0.2, -0.15) is 0 Å². The maximum Gasteiger partial charge on any atom is 0.252 e. The average Bonchev–Trinajstić information content (AvgIpc) is 3.44. The standard InChI is InChI=1S/C32H36N6O4/c1-21-6-10-25-17-26(32(39)33-31(25)22(21)2)19-37(15-14-23-9-13-28(41-4)29(16-23)42-5)20-30-34-35-36-38(30)18-24-7-11-27(40-3)12-8-24/h6-13,16-17H,14-15,18-20H2,1-5H3,(H,33,39). The van der Waals surface area contributed by atoms with Crippen LogP contribution in [-0.4, -0.2) is 58.0 Å². The number of fused-ring (bicyclic) bond motifs is 1. The van der Waals surface area contributed by atoms with Crippen molar-refractivity contribution < 1.29 is 14.2 Å². The number of aryl methyl sites for hydroxylation is 2. The van der Waals surface area contributed by atoms with Crippen LogP contribution in [0.15, 0.2) is 65.5 Å². The molecule has 0 unspecified atom stereocenters. The maximum absolute atomic E-state index is 13.3. The van der Waals surface area contributed by atoms with Gasteiger partial charge in [-0.15, -0.1) is 5.10 Å². The van der Waals surface area contributed by atoms with Crippen molar-refractivity contribution in [1.29, 1.82) is 0 Å². The highest BCUT2D eigenvalue weighted by Crippen LogP contribution is 2.28. The summed E-state index contributed by atoms with van der Waals surface area (Å²) >= 11 is 0. The van der Waals surface area contributed by atoms with Gasteiger partial charge < -0.3 is 19.2 Å². The summed E-state index contributed by atoms with van der Waals surface area (Å²) in [5, 5.41) is 13.6. The summed E-state index contributed by atoms with van der Waals surface area (Å²) in [7, 11) is 4.90. The summed E-state index contributed by atoms with van der Waals surface area (Å²) in [6.07, 6.45) is 0.726. The van der Waals surface area contributed by atoms with Crippen LogP contribution in [-0.2, 0) is 26.1 Å². The fourth-order valence-electron chi connectivity index (χ4n) is 5.03. The number of hydrogen-bond donors (Lipinski definition) is 1. The minimum absolute atomic E-state index is 0.0925. The lowest BCUT2D eigenvalue weighted by atomic mass is 10.0. The fourth-order valence-corrected chi connectivity index (χ4v) is 5.03. The van der Waals surface area contributed by atoms with Crippen LogP contribution in [0.3, 0.4) is 0 Å². The van der Waals surface area contributed by atoms with E-state index in [1.165, 1.54) is 0 Å². The van der Waals surface area contributed by atoms with Crippen molar-refractivity contribution in [2.75, 3.05) is 27.9 Å². The number of nitrogens with one attached hydrogen (secondary N) is 1. The summed E-state index contributed by atoms with van der Waals surface area (Å²) in [5.41, 5.74) is 5.85. The van der Waals surface area contributed by atoms with Crippen LogP contribution in [0.25, 0.3) is 10.9 Å². The Morgan fingerprint density at radius 1 is 0.857 bits per heavy atom. The number of rotatable bonds is 12. The van der Waals surface area contributed by atoms with Gasteiger partial charge in [0.05, 0.1) is 39.9 Å². The first kappa shape index (κ1) is 28.8. The predicted molar refractivity (Wildman–Crippen MR) is 161 cm³/mol. The number of aromatic amines is 1. The van der Waals surface area contributed by atoms with E-state index in [9.17, 15) is 4.79 Å². The first-order valence-electron chi connectivity index (χ1n) is 13.8. The smallest absolute Gasteiger partial charge is 0.252 e. The van der Waals surface area contributed by atoms with Gasteiger partial charge in [0, 0.05) is 18.7 Å². The molecule has 0 radical (unpaired) electrons. The molecule has 0 aliphatic rings. The lowest BCUT2D eigenvalue weighted by molar-refractivity contribution is 0.247. The van der Waals surface area contributed by atoms with Gasteiger partial charge in [-0.25, -0.2) is 4.68 Å². The summed E-state index contributed by atoms with van der Waals surface area (Å²) < 4.78 is 18.0. The van der Waals surface area contributed by atoms with Crippen LogP contribution in [0.4, 0.5) is 0 Å². The summed E-state index contributed by atoms with van der Waals surface area (Å²) in [6, 6.07) is 19.9. The highest BCUT2D eigenvalue weighted by Gasteiger charge is 2.17. The van der Waals surface area contributed by atoms with Crippen molar-refractivity contribution in [2.45, 2.75) is 39.9 Å². The van der Waals surface area contributed by atoms with Crippen molar-refractivity contribution >= 4 is 10.9 Å². The highest BCUT2D eigenvalue weighted by atomic mass is 16.5. The van der Waals surface area contributed by atoms with Crippen molar-refractivity contribution in [1.82, 2.24) is 30.1 Å². The summed E-state index contributed by atoms with van der Waals surface area (Å²) in [4.78, 5) is 18.6.